The number of hydrogen-bond donors (Lipinski definition) is 0. The predicted molar refractivity (Wildman–Crippen MR) is 121 cm³/mol. The van der Waals surface area contributed by atoms with Crippen molar-refractivity contribution in [3.63, 3.8) is 0 Å². The third kappa shape index (κ3) is 6.58. The van der Waals surface area contributed by atoms with Crippen LogP contribution in [0.4, 0.5) is 11.4 Å². The van der Waals surface area contributed by atoms with Crippen molar-refractivity contribution in [2.24, 2.45) is 10.2 Å². The van der Waals surface area contributed by atoms with Gasteiger partial charge in [0.1, 0.15) is 23.0 Å². The predicted octanol–water partition coefficient (Wildman–Crippen LogP) is 4.73. The Morgan fingerprint density at radius 3 is 1.84 bits per heavy atom. The number of carbonyl (C=O) groups is 2. The highest BCUT2D eigenvalue weighted by Crippen LogP contribution is 2.31. The first-order valence-corrected chi connectivity index (χ1v) is 10.2. The zero-order chi connectivity index (χ0) is 23.7. The van der Waals surface area contributed by atoms with E-state index in [9.17, 15) is 9.59 Å². The van der Waals surface area contributed by atoms with Gasteiger partial charge in [-0.2, -0.15) is 10.2 Å². The second kappa shape index (κ2) is 11.9. The molecule has 32 heavy (non-hydrogen) atoms. The van der Waals surface area contributed by atoms with Crippen LogP contribution in [0.1, 0.15) is 20.8 Å². The van der Waals surface area contributed by atoms with Crippen molar-refractivity contribution >= 4 is 34.8 Å². The van der Waals surface area contributed by atoms with Crippen molar-refractivity contribution < 1.29 is 28.5 Å². The Bertz CT molecular complexity index is 936. The number of methoxy groups -OCH3 is 2. The van der Waals surface area contributed by atoms with E-state index in [1.54, 1.807) is 36.4 Å². The molecule has 0 heterocycles. The minimum atomic E-state index is -1.45. The molecule has 2 rings (SSSR count). The molecule has 9 nitrogen and oxygen atoms in total. The lowest BCUT2D eigenvalue weighted by atomic mass is 10.2. The molecule has 0 aliphatic heterocycles. The number of hydrogen-bond acceptors (Lipinski definition) is 8. The van der Waals surface area contributed by atoms with E-state index in [0.717, 1.165) is 4.42 Å². The van der Waals surface area contributed by atoms with Gasteiger partial charge in [0.05, 0.1) is 38.8 Å². The zero-order valence-corrected chi connectivity index (χ0v) is 19.4. The molecule has 0 bridgehead atoms. The van der Waals surface area contributed by atoms with E-state index in [1.165, 1.54) is 21.1 Å². The molecule has 1 amide bonds. The summed E-state index contributed by atoms with van der Waals surface area (Å²) in [5.41, 5.74) is 0.619. The molecule has 2 aromatic carbocycles. The summed E-state index contributed by atoms with van der Waals surface area (Å²) in [5, 5.41) is 7.96. The number of nitrogens with zero attached hydrogens (tertiary/aromatic N) is 3. The summed E-state index contributed by atoms with van der Waals surface area (Å²) in [7, 11) is 2.99. The molecule has 0 radical (unpaired) electrons. The molecule has 0 spiro atoms. The number of halogens is 1. The molecule has 0 aliphatic carbocycles. The van der Waals surface area contributed by atoms with Crippen LogP contribution in [-0.4, -0.2) is 45.2 Å². The Hall–Kier alpha value is -3.33. The summed E-state index contributed by atoms with van der Waals surface area (Å²) in [6.45, 7) is 5.73. The van der Waals surface area contributed by atoms with Gasteiger partial charge in [0, 0.05) is 48.2 Å². The summed E-state index contributed by atoms with van der Waals surface area (Å²) in [6, 6.07) is 8.21. The molecule has 172 valence electrons. The van der Waals surface area contributed by atoms with Crippen molar-refractivity contribution in [1.29, 1.82) is 0 Å². The van der Waals surface area contributed by atoms with Crippen LogP contribution < -0.4 is 23.4 Å². The van der Waals surface area contributed by atoms with E-state index in [1.807, 2.05) is 13.8 Å². The summed E-state index contributed by atoms with van der Waals surface area (Å²) in [5.74, 6) is 0.616. The lowest BCUT2D eigenvalue weighted by Crippen LogP contribution is -2.36. The number of amides is 1. The summed E-state index contributed by atoms with van der Waals surface area (Å²) < 4.78 is 22.2. The van der Waals surface area contributed by atoms with Crippen molar-refractivity contribution in [3.05, 3.63) is 36.4 Å². The number of ketones is 1. The largest absolute Gasteiger partial charge is 0.497 e. The molecule has 0 saturated carbocycles. The van der Waals surface area contributed by atoms with Gasteiger partial charge >= 0.3 is 0 Å². The maximum atomic E-state index is 13.0. The number of carbonyl (C=O) groups excluding carboxylic acids is 2. The van der Waals surface area contributed by atoms with Gasteiger partial charge in [-0.1, -0.05) is 0 Å². The lowest BCUT2D eigenvalue weighted by molar-refractivity contribution is -0.126. The SMILES string of the molecule is CCOc1cc(OCC)cc(N(Cl)C(=O)C(N=Nc2cc(OC)cc(OC)c2)C(C)=O)c1. The molecule has 2 aromatic rings. The number of Topliss-reactive ketones (excluding diaryl/α,β-unsaturated/α-hetero) is 1. The Morgan fingerprint density at radius 1 is 0.906 bits per heavy atom. The second-order valence-electron chi connectivity index (χ2n) is 6.45. The highest BCUT2D eigenvalue weighted by atomic mass is 35.5. The average molecular weight is 464 g/mol. The van der Waals surface area contributed by atoms with Crippen LogP contribution in [0.2, 0.25) is 0 Å². The Labute approximate surface area is 192 Å². The van der Waals surface area contributed by atoms with E-state index >= 15 is 0 Å². The monoisotopic (exact) mass is 463 g/mol. The van der Waals surface area contributed by atoms with Gasteiger partial charge in [0.2, 0.25) is 6.04 Å². The number of azo groups is 1. The molecule has 1 atom stereocenters. The molecule has 0 aliphatic rings. The van der Waals surface area contributed by atoms with Crippen molar-refractivity contribution in [2.75, 3.05) is 31.9 Å². The van der Waals surface area contributed by atoms with Gasteiger partial charge in [0.15, 0.2) is 5.78 Å². The number of benzene rings is 2. The van der Waals surface area contributed by atoms with E-state index in [0.29, 0.717) is 41.9 Å². The van der Waals surface area contributed by atoms with Gasteiger partial charge in [-0.15, -0.1) is 0 Å². The topological polar surface area (TPSA) is 99.0 Å². The Balaban J connectivity index is 2.34. The van der Waals surface area contributed by atoms with Crippen LogP contribution in [-0.2, 0) is 9.59 Å². The highest BCUT2D eigenvalue weighted by molar-refractivity contribution is 6.39. The minimum absolute atomic E-state index is 0.274. The standard InChI is InChI=1S/C22H26ClN3O6/c1-6-31-19-10-16(11-20(13-19)32-7-2)26(23)22(28)21(14(3)27)25-24-15-8-17(29-4)12-18(9-15)30-5/h8-13,21H,6-7H2,1-5H3. The molecule has 0 saturated heterocycles. The van der Waals surface area contributed by atoms with E-state index in [4.69, 9.17) is 30.7 Å². The van der Waals surface area contributed by atoms with Gasteiger partial charge < -0.3 is 18.9 Å². The molecule has 0 fully saturated rings. The second-order valence-corrected chi connectivity index (χ2v) is 6.79. The number of ether oxygens (including phenoxy) is 4. The fourth-order valence-electron chi connectivity index (χ4n) is 2.68. The van der Waals surface area contributed by atoms with Crippen molar-refractivity contribution in [1.82, 2.24) is 0 Å². The smallest absolute Gasteiger partial charge is 0.276 e. The minimum Gasteiger partial charge on any atom is -0.497 e. The Morgan fingerprint density at radius 2 is 1.41 bits per heavy atom. The van der Waals surface area contributed by atoms with Crippen LogP contribution in [0.3, 0.4) is 0 Å². The maximum absolute atomic E-state index is 13.0. The van der Waals surface area contributed by atoms with Crippen LogP contribution >= 0.6 is 11.8 Å². The van der Waals surface area contributed by atoms with E-state index in [2.05, 4.69) is 10.2 Å². The lowest BCUT2D eigenvalue weighted by Gasteiger charge is -2.19. The first kappa shape index (κ1) is 24.9. The summed E-state index contributed by atoms with van der Waals surface area (Å²) in [6.07, 6.45) is 0. The Kier molecular flexibility index (Phi) is 9.27. The molecule has 0 N–H and O–H groups in total. The van der Waals surface area contributed by atoms with Gasteiger partial charge in [-0.3, -0.25) is 9.59 Å². The van der Waals surface area contributed by atoms with Crippen LogP contribution in [0.15, 0.2) is 46.6 Å². The van der Waals surface area contributed by atoms with Crippen molar-refractivity contribution in [3.8, 4) is 23.0 Å². The zero-order valence-electron chi connectivity index (χ0n) is 18.6. The summed E-state index contributed by atoms with van der Waals surface area (Å²) in [4.78, 5) is 25.1. The fraction of sp³-hybridized carbons (Fsp3) is 0.364. The van der Waals surface area contributed by atoms with Crippen LogP contribution in [0.25, 0.3) is 0 Å². The fourth-order valence-corrected chi connectivity index (χ4v) is 2.87. The first-order valence-electron chi connectivity index (χ1n) is 9.87. The molecular formula is C22H26ClN3O6. The van der Waals surface area contributed by atoms with Crippen LogP contribution in [0, 0.1) is 0 Å². The number of anilines is 1. The number of rotatable bonds is 11. The van der Waals surface area contributed by atoms with Gasteiger partial charge in [-0.25, -0.2) is 4.42 Å². The van der Waals surface area contributed by atoms with E-state index < -0.39 is 17.7 Å². The van der Waals surface area contributed by atoms with Crippen molar-refractivity contribution in [2.45, 2.75) is 26.8 Å². The quantitative estimate of drug-likeness (QED) is 0.271. The molecular weight excluding hydrogens is 438 g/mol. The molecule has 0 aromatic heterocycles. The third-order valence-electron chi connectivity index (χ3n) is 4.15. The van der Waals surface area contributed by atoms with Gasteiger partial charge in [-0.05, 0) is 20.8 Å². The van der Waals surface area contributed by atoms with Crippen LogP contribution in [0.5, 0.6) is 23.0 Å². The van der Waals surface area contributed by atoms with E-state index in [-0.39, 0.29) is 5.69 Å². The van der Waals surface area contributed by atoms with Gasteiger partial charge in [0.25, 0.3) is 5.91 Å². The summed E-state index contributed by atoms with van der Waals surface area (Å²) >= 11 is 6.30. The highest BCUT2D eigenvalue weighted by Gasteiger charge is 2.29. The average Bonchev–Trinajstić information content (AvgIpc) is 2.78. The molecule has 10 heteroatoms. The first-order chi connectivity index (χ1) is 15.3. The maximum Gasteiger partial charge on any atom is 0.276 e. The third-order valence-corrected chi connectivity index (χ3v) is 4.51. The molecule has 1 unspecified atom stereocenters. The normalized spacial score (nSPS) is 11.7.